The number of para-hydroxylation sites is 1. The Labute approximate surface area is 171 Å². The zero-order chi connectivity index (χ0) is 20.6. The molecule has 150 valence electrons. The lowest BCUT2D eigenvalue weighted by molar-refractivity contribution is -0.137. The van der Waals surface area contributed by atoms with Gasteiger partial charge in [-0.15, -0.1) is 0 Å². The zero-order valence-corrected chi connectivity index (χ0v) is 16.1. The molecule has 0 spiro atoms. The highest BCUT2D eigenvalue weighted by Crippen LogP contribution is 2.24. The normalized spacial score (nSPS) is 10.4. The van der Waals surface area contributed by atoms with Crippen LogP contribution in [0.4, 0.5) is 10.1 Å². The molecule has 3 rings (SSSR count). The van der Waals surface area contributed by atoms with Crippen molar-refractivity contribution < 1.29 is 23.1 Å². The van der Waals surface area contributed by atoms with Gasteiger partial charge in [-0.05, 0) is 42.5 Å². The fraction of sp³-hybridized carbons (Fsp3) is 0.143. The van der Waals surface area contributed by atoms with Gasteiger partial charge in [-0.25, -0.2) is 4.39 Å². The van der Waals surface area contributed by atoms with Crippen LogP contribution < -0.4 is 10.1 Å². The molecule has 0 bridgehead atoms. The Morgan fingerprint density at radius 3 is 2.59 bits per heavy atom. The van der Waals surface area contributed by atoms with Crippen LogP contribution >= 0.6 is 11.6 Å². The molecule has 2 aromatic carbocycles. The number of amides is 2. The standard InChI is InChI=1S/C21H18ClFN2O4/c22-18-11-15(23)8-9-19(18)29-14-21(27)25(12-17-7-4-10-28-17)13-20(26)24-16-5-2-1-3-6-16/h1-11H,12-14H2,(H,24,26). The number of hydrogen-bond acceptors (Lipinski definition) is 4. The number of furan rings is 1. The van der Waals surface area contributed by atoms with Gasteiger partial charge in [0, 0.05) is 5.69 Å². The minimum atomic E-state index is -0.509. The topological polar surface area (TPSA) is 71.8 Å². The second-order valence-corrected chi connectivity index (χ2v) is 6.51. The van der Waals surface area contributed by atoms with E-state index in [1.165, 1.54) is 23.3 Å². The summed E-state index contributed by atoms with van der Waals surface area (Å²) in [7, 11) is 0. The van der Waals surface area contributed by atoms with Crippen LogP contribution in [0, 0.1) is 5.82 Å². The molecule has 0 fully saturated rings. The van der Waals surface area contributed by atoms with Crippen LogP contribution in [0.1, 0.15) is 5.76 Å². The highest BCUT2D eigenvalue weighted by molar-refractivity contribution is 6.32. The van der Waals surface area contributed by atoms with Crippen molar-refractivity contribution in [2.24, 2.45) is 0 Å². The second-order valence-electron chi connectivity index (χ2n) is 6.11. The molecule has 1 N–H and O–H groups in total. The number of nitrogens with zero attached hydrogens (tertiary/aromatic N) is 1. The maximum atomic E-state index is 13.1. The fourth-order valence-corrected chi connectivity index (χ4v) is 2.76. The molecule has 0 aliphatic heterocycles. The third kappa shape index (κ3) is 6.08. The number of benzene rings is 2. The molecule has 0 aliphatic carbocycles. The van der Waals surface area contributed by atoms with Crippen LogP contribution in [0.2, 0.25) is 5.02 Å². The minimum Gasteiger partial charge on any atom is -0.482 e. The predicted octanol–water partition coefficient (Wildman–Crippen LogP) is 4.12. The van der Waals surface area contributed by atoms with Crippen LogP contribution in [-0.4, -0.2) is 29.9 Å². The van der Waals surface area contributed by atoms with Gasteiger partial charge in [0.2, 0.25) is 5.91 Å². The molecule has 6 nitrogen and oxygen atoms in total. The Balaban J connectivity index is 1.65. The molecular weight excluding hydrogens is 399 g/mol. The molecule has 0 saturated carbocycles. The molecule has 2 amide bonds. The van der Waals surface area contributed by atoms with Gasteiger partial charge in [0.1, 0.15) is 23.9 Å². The minimum absolute atomic E-state index is 0.0530. The lowest BCUT2D eigenvalue weighted by Crippen LogP contribution is -2.40. The van der Waals surface area contributed by atoms with E-state index in [9.17, 15) is 14.0 Å². The Hall–Kier alpha value is -3.32. The van der Waals surface area contributed by atoms with Crippen LogP contribution in [-0.2, 0) is 16.1 Å². The van der Waals surface area contributed by atoms with E-state index in [0.717, 1.165) is 6.07 Å². The first-order valence-corrected chi connectivity index (χ1v) is 9.12. The molecule has 0 saturated heterocycles. The maximum absolute atomic E-state index is 13.1. The van der Waals surface area contributed by atoms with E-state index in [0.29, 0.717) is 11.4 Å². The quantitative estimate of drug-likeness (QED) is 0.599. The van der Waals surface area contributed by atoms with Gasteiger partial charge in [0.15, 0.2) is 6.61 Å². The Kier molecular flexibility index (Phi) is 6.86. The number of halogens is 2. The molecule has 0 radical (unpaired) electrons. The summed E-state index contributed by atoms with van der Waals surface area (Å²) in [6.45, 7) is -0.478. The van der Waals surface area contributed by atoms with E-state index in [1.54, 1.807) is 36.4 Å². The van der Waals surface area contributed by atoms with Crippen molar-refractivity contribution in [2.75, 3.05) is 18.5 Å². The Morgan fingerprint density at radius 1 is 1.10 bits per heavy atom. The van der Waals surface area contributed by atoms with E-state index in [4.69, 9.17) is 20.8 Å². The van der Waals surface area contributed by atoms with Crippen molar-refractivity contribution in [3.8, 4) is 5.75 Å². The smallest absolute Gasteiger partial charge is 0.261 e. The Bertz CT molecular complexity index is 964. The second kappa shape index (κ2) is 9.75. The lowest BCUT2D eigenvalue weighted by Gasteiger charge is -2.21. The fourth-order valence-electron chi connectivity index (χ4n) is 2.54. The van der Waals surface area contributed by atoms with Crippen LogP contribution in [0.3, 0.4) is 0 Å². The monoisotopic (exact) mass is 416 g/mol. The van der Waals surface area contributed by atoms with Crippen molar-refractivity contribution in [2.45, 2.75) is 6.54 Å². The third-order valence-electron chi connectivity index (χ3n) is 3.92. The molecule has 0 unspecified atom stereocenters. The molecule has 8 heteroatoms. The van der Waals surface area contributed by atoms with Crippen molar-refractivity contribution >= 4 is 29.1 Å². The average Bonchev–Trinajstić information content (AvgIpc) is 3.20. The van der Waals surface area contributed by atoms with E-state index in [2.05, 4.69) is 5.32 Å². The number of carbonyl (C=O) groups is 2. The first-order chi connectivity index (χ1) is 14.0. The van der Waals surface area contributed by atoms with Gasteiger partial charge < -0.3 is 19.4 Å². The van der Waals surface area contributed by atoms with Crippen LogP contribution in [0.5, 0.6) is 5.75 Å². The number of nitrogens with one attached hydrogen (secondary N) is 1. The van der Waals surface area contributed by atoms with Crippen molar-refractivity contribution in [1.82, 2.24) is 4.90 Å². The highest BCUT2D eigenvalue weighted by atomic mass is 35.5. The molecule has 0 aliphatic rings. The third-order valence-corrected chi connectivity index (χ3v) is 4.21. The zero-order valence-electron chi connectivity index (χ0n) is 15.3. The number of rotatable bonds is 8. The number of anilines is 1. The first kappa shape index (κ1) is 20.4. The molecule has 1 heterocycles. The van der Waals surface area contributed by atoms with E-state index in [1.807, 2.05) is 6.07 Å². The van der Waals surface area contributed by atoms with Gasteiger partial charge in [-0.2, -0.15) is 0 Å². The number of carbonyl (C=O) groups excluding carboxylic acids is 2. The van der Waals surface area contributed by atoms with Crippen molar-refractivity contribution in [3.63, 3.8) is 0 Å². The number of hydrogen-bond donors (Lipinski definition) is 1. The maximum Gasteiger partial charge on any atom is 0.261 e. The average molecular weight is 417 g/mol. The predicted molar refractivity (Wildman–Crippen MR) is 106 cm³/mol. The SMILES string of the molecule is O=C(CN(Cc1ccco1)C(=O)COc1ccc(F)cc1Cl)Nc1ccccc1. The lowest BCUT2D eigenvalue weighted by atomic mass is 10.3. The number of ether oxygens (including phenoxy) is 1. The molecular formula is C21H18ClFN2O4. The van der Waals surface area contributed by atoms with Crippen LogP contribution in [0.25, 0.3) is 0 Å². The van der Waals surface area contributed by atoms with Gasteiger partial charge in [-0.1, -0.05) is 29.8 Å². The summed E-state index contributed by atoms with van der Waals surface area (Å²) >= 11 is 5.91. The Morgan fingerprint density at radius 2 is 1.90 bits per heavy atom. The van der Waals surface area contributed by atoms with E-state index < -0.39 is 11.7 Å². The first-order valence-electron chi connectivity index (χ1n) is 8.74. The molecule has 0 atom stereocenters. The summed E-state index contributed by atoms with van der Waals surface area (Å²) in [6.07, 6.45) is 1.48. The molecule has 1 aromatic heterocycles. The van der Waals surface area contributed by atoms with Gasteiger partial charge in [-0.3, -0.25) is 9.59 Å². The summed E-state index contributed by atoms with van der Waals surface area (Å²) in [5, 5.41) is 2.78. The van der Waals surface area contributed by atoms with Gasteiger partial charge in [0.25, 0.3) is 5.91 Å². The summed E-state index contributed by atoms with van der Waals surface area (Å²) < 4.78 is 23.8. The van der Waals surface area contributed by atoms with E-state index in [-0.39, 0.29) is 36.4 Å². The summed E-state index contributed by atoms with van der Waals surface area (Å²) in [6, 6.07) is 15.9. The van der Waals surface area contributed by atoms with E-state index >= 15 is 0 Å². The summed E-state index contributed by atoms with van der Waals surface area (Å²) in [5.74, 6) is -0.634. The molecule has 29 heavy (non-hydrogen) atoms. The van der Waals surface area contributed by atoms with Gasteiger partial charge in [0.05, 0.1) is 17.8 Å². The van der Waals surface area contributed by atoms with Crippen molar-refractivity contribution in [1.29, 1.82) is 0 Å². The summed E-state index contributed by atoms with van der Waals surface area (Å²) in [4.78, 5) is 26.4. The highest BCUT2D eigenvalue weighted by Gasteiger charge is 2.20. The van der Waals surface area contributed by atoms with Gasteiger partial charge >= 0.3 is 0 Å². The van der Waals surface area contributed by atoms with Crippen molar-refractivity contribution in [3.05, 3.63) is 83.5 Å². The van der Waals surface area contributed by atoms with Crippen LogP contribution in [0.15, 0.2) is 71.3 Å². The summed E-state index contributed by atoms with van der Waals surface area (Å²) in [5.41, 5.74) is 0.622. The largest absolute Gasteiger partial charge is 0.482 e. The molecule has 3 aromatic rings.